The van der Waals surface area contributed by atoms with Crippen molar-refractivity contribution >= 4 is 53.5 Å². The molecule has 2 rings (SSSR count). The van der Waals surface area contributed by atoms with Gasteiger partial charge in [0.05, 0.1) is 16.3 Å². The summed E-state index contributed by atoms with van der Waals surface area (Å²) < 4.78 is 20.4. The lowest BCUT2D eigenvalue weighted by molar-refractivity contribution is 0.477. The van der Waals surface area contributed by atoms with Gasteiger partial charge in [0.2, 0.25) is 0 Å². The highest BCUT2D eigenvalue weighted by molar-refractivity contribution is 7.99. The van der Waals surface area contributed by atoms with Crippen molar-refractivity contribution in [3.63, 3.8) is 0 Å². The summed E-state index contributed by atoms with van der Waals surface area (Å²) in [7, 11) is 0. The Morgan fingerprint density at radius 3 is 2.25 bits per heavy atom. The van der Waals surface area contributed by atoms with Gasteiger partial charge in [-0.1, -0.05) is 35.1 Å². The van der Waals surface area contributed by atoms with Crippen LogP contribution < -0.4 is 10.3 Å². The molecule has 0 fully saturated rings. The minimum atomic E-state index is -0.577. The van der Waals surface area contributed by atoms with Crippen molar-refractivity contribution < 1.29 is 4.39 Å². The fourth-order valence-corrected chi connectivity index (χ4v) is 3.38. The number of halogens is 3. The summed E-state index contributed by atoms with van der Waals surface area (Å²) in [4.78, 5) is 12.5. The summed E-state index contributed by atoms with van der Waals surface area (Å²) in [6, 6.07) is 2.70. The minimum absolute atomic E-state index is 0.144. The lowest BCUT2D eigenvalue weighted by atomic mass is 10.1. The van der Waals surface area contributed by atoms with Crippen LogP contribution in [0.15, 0.2) is 16.9 Å². The van der Waals surface area contributed by atoms with E-state index < -0.39 is 5.82 Å². The van der Waals surface area contributed by atoms with Crippen LogP contribution in [0, 0.1) is 5.82 Å². The smallest absolute Gasteiger partial charge is 0.276 e. The van der Waals surface area contributed by atoms with Crippen molar-refractivity contribution in [2.45, 2.75) is 26.9 Å². The van der Waals surface area contributed by atoms with Gasteiger partial charge in [-0.25, -0.2) is 9.07 Å². The van der Waals surface area contributed by atoms with Gasteiger partial charge in [0.25, 0.3) is 5.56 Å². The molecule has 0 radical (unpaired) electrons. The monoisotopic (exact) mass is 411 g/mol. The van der Waals surface area contributed by atoms with E-state index in [2.05, 4.69) is 17.4 Å². The predicted octanol–water partition coefficient (Wildman–Crippen LogP) is 5.04. The average molecular weight is 412 g/mol. The molecule has 0 amide bonds. The van der Waals surface area contributed by atoms with Crippen LogP contribution in [0.3, 0.4) is 0 Å². The molecule has 0 bridgehead atoms. The van der Waals surface area contributed by atoms with E-state index in [1.165, 1.54) is 28.8 Å². The number of rotatable bonds is 5. The average Bonchev–Trinajstić information content (AvgIpc) is 2.82. The molecule has 0 aliphatic heterocycles. The highest BCUT2D eigenvalue weighted by atomic mass is 35.5. The van der Waals surface area contributed by atoms with Gasteiger partial charge in [0, 0.05) is 24.9 Å². The van der Waals surface area contributed by atoms with Gasteiger partial charge in [-0.05, 0) is 32.2 Å². The van der Waals surface area contributed by atoms with E-state index in [4.69, 9.17) is 23.2 Å². The first kappa shape index (κ1) is 21.3. The van der Waals surface area contributed by atoms with E-state index in [0.717, 1.165) is 0 Å². The van der Waals surface area contributed by atoms with Crippen LogP contribution in [0.5, 0.6) is 0 Å². The van der Waals surface area contributed by atoms with E-state index in [1.807, 2.05) is 20.1 Å². The van der Waals surface area contributed by atoms with E-state index in [-0.39, 0.29) is 26.9 Å². The summed E-state index contributed by atoms with van der Waals surface area (Å²) in [6.07, 6.45) is 3.52. The largest absolute Gasteiger partial charge is 0.329 e. The van der Waals surface area contributed by atoms with Gasteiger partial charge >= 0.3 is 0 Å². The van der Waals surface area contributed by atoms with E-state index in [0.29, 0.717) is 18.8 Å². The summed E-state index contributed by atoms with van der Waals surface area (Å²) in [5, 5.41) is 0.475. The van der Waals surface area contributed by atoms with Crippen LogP contribution in [0.1, 0.15) is 13.8 Å². The molecule has 0 aliphatic rings. The van der Waals surface area contributed by atoms with Gasteiger partial charge in [-0.2, -0.15) is 12.6 Å². The standard InChI is InChI=1S/C14H16Cl2FN3OS.CH4S/c1-4-19-13(16)12(14(21)20(19)5-2)8-6-11(18-22-3)9(15)7-10(8)17;1-2/h6-7,18H,4-5H2,1-3H3;2H,1H3. The summed E-state index contributed by atoms with van der Waals surface area (Å²) in [5.41, 5.74) is 0.521. The maximum absolute atomic E-state index is 14.3. The molecular formula is C15H20Cl2FN3OS2. The number of aromatic nitrogens is 2. The lowest BCUT2D eigenvalue weighted by Gasteiger charge is -2.09. The Hall–Kier alpha value is -0.760. The van der Waals surface area contributed by atoms with E-state index >= 15 is 0 Å². The Kier molecular flexibility index (Phi) is 8.56. The van der Waals surface area contributed by atoms with Crippen LogP contribution in [0.2, 0.25) is 10.2 Å². The molecule has 1 heterocycles. The Bertz CT molecular complexity index is 762. The molecule has 24 heavy (non-hydrogen) atoms. The second kappa shape index (κ2) is 9.65. The Morgan fingerprint density at radius 1 is 1.21 bits per heavy atom. The van der Waals surface area contributed by atoms with Gasteiger partial charge in [-0.15, -0.1) is 0 Å². The third-order valence-electron chi connectivity index (χ3n) is 3.31. The second-order valence-electron chi connectivity index (χ2n) is 4.52. The van der Waals surface area contributed by atoms with Crippen LogP contribution >= 0.6 is 47.8 Å². The zero-order chi connectivity index (χ0) is 18.4. The molecule has 0 atom stereocenters. The predicted molar refractivity (Wildman–Crippen MR) is 108 cm³/mol. The van der Waals surface area contributed by atoms with Gasteiger partial charge in [0.15, 0.2) is 0 Å². The molecular weight excluding hydrogens is 392 g/mol. The summed E-state index contributed by atoms with van der Waals surface area (Å²) in [5.74, 6) is -0.577. The highest BCUT2D eigenvalue weighted by Gasteiger charge is 2.22. The number of benzene rings is 1. The highest BCUT2D eigenvalue weighted by Crippen LogP contribution is 2.34. The Balaban J connectivity index is 0.00000139. The topological polar surface area (TPSA) is 39.0 Å². The molecule has 0 saturated carbocycles. The van der Waals surface area contributed by atoms with Crippen LogP contribution in [0.4, 0.5) is 10.1 Å². The molecule has 9 heteroatoms. The van der Waals surface area contributed by atoms with Crippen LogP contribution in [-0.4, -0.2) is 21.9 Å². The first-order valence-electron chi connectivity index (χ1n) is 7.18. The van der Waals surface area contributed by atoms with Crippen molar-refractivity contribution in [3.05, 3.63) is 38.5 Å². The number of hydrogen-bond donors (Lipinski definition) is 2. The number of hydrogen-bond acceptors (Lipinski definition) is 4. The van der Waals surface area contributed by atoms with Gasteiger partial charge < -0.3 is 4.72 Å². The first-order valence-corrected chi connectivity index (χ1v) is 10.1. The Labute approximate surface area is 160 Å². The number of anilines is 1. The minimum Gasteiger partial charge on any atom is -0.329 e. The fourth-order valence-electron chi connectivity index (χ4n) is 2.34. The number of nitrogens with zero attached hydrogens (tertiary/aromatic N) is 2. The van der Waals surface area contributed by atoms with Crippen LogP contribution in [0.25, 0.3) is 11.1 Å². The van der Waals surface area contributed by atoms with Crippen molar-refractivity contribution in [2.24, 2.45) is 0 Å². The van der Waals surface area contributed by atoms with Crippen molar-refractivity contribution in [1.29, 1.82) is 0 Å². The third-order valence-corrected chi connectivity index (χ3v) is 4.43. The van der Waals surface area contributed by atoms with Crippen molar-refractivity contribution in [1.82, 2.24) is 9.36 Å². The van der Waals surface area contributed by atoms with Crippen LogP contribution in [-0.2, 0) is 13.1 Å². The molecule has 134 valence electrons. The fraction of sp³-hybridized carbons (Fsp3) is 0.400. The van der Waals surface area contributed by atoms with Gasteiger partial charge in [-0.3, -0.25) is 9.48 Å². The maximum Gasteiger partial charge on any atom is 0.276 e. The molecule has 0 spiro atoms. The molecule has 1 N–H and O–H groups in total. The second-order valence-corrected chi connectivity index (χ2v) is 5.90. The summed E-state index contributed by atoms with van der Waals surface area (Å²) >= 11 is 17.2. The van der Waals surface area contributed by atoms with Gasteiger partial charge in [0.1, 0.15) is 11.0 Å². The van der Waals surface area contributed by atoms with Crippen molar-refractivity contribution in [3.8, 4) is 11.1 Å². The lowest BCUT2D eigenvalue weighted by Crippen LogP contribution is -2.22. The SMILES string of the molecule is CCn1c(Cl)c(-c2cc(NSC)c(Cl)cc2F)c(=O)n1CC.CS. The maximum atomic E-state index is 14.3. The van der Waals surface area contributed by atoms with E-state index in [9.17, 15) is 9.18 Å². The normalized spacial score (nSPS) is 10.3. The Morgan fingerprint density at radius 2 is 1.79 bits per heavy atom. The molecule has 1 aromatic heterocycles. The van der Waals surface area contributed by atoms with E-state index in [1.54, 1.807) is 10.9 Å². The zero-order valence-electron chi connectivity index (χ0n) is 13.9. The molecule has 4 nitrogen and oxygen atoms in total. The number of thiol groups is 1. The molecule has 0 aliphatic carbocycles. The molecule has 0 unspecified atom stereocenters. The quantitative estimate of drug-likeness (QED) is 0.534. The zero-order valence-corrected chi connectivity index (χ0v) is 17.1. The first-order chi connectivity index (χ1) is 11.5. The molecule has 0 saturated heterocycles. The molecule has 2 aromatic rings. The third kappa shape index (κ3) is 4.07. The molecule has 1 aromatic carbocycles. The number of nitrogens with one attached hydrogen (secondary N) is 1. The summed E-state index contributed by atoms with van der Waals surface area (Å²) in [6.45, 7) is 4.69. The van der Waals surface area contributed by atoms with Crippen molar-refractivity contribution in [2.75, 3.05) is 17.2 Å².